The molecule has 0 spiro atoms. The maximum absolute atomic E-state index is 4.94. The molecule has 0 atom stereocenters. The van der Waals surface area contributed by atoms with E-state index >= 15 is 0 Å². The molecule has 0 aromatic rings. The van der Waals surface area contributed by atoms with E-state index < -0.39 is 0 Å². The minimum atomic E-state index is -0.181. The Morgan fingerprint density at radius 1 is 1.75 bits per heavy atom. The monoisotopic (exact) mass is 220 g/mol. The van der Waals surface area contributed by atoms with Crippen LogP contribution in [-0.4, -0.2) is 0 Å². The van der Waals surface area contributed by atoms with Gasteiger partial charge >= 0.3 is 59.7 Å². The Labute approximate surface area is 59.9 Å². The molecule has 44 valence electrons. The fraction of sp³-hybridized carbons (Fsp3) is 0.167. The summed E-state index contributed by atoms with van der Waals surface area (Å²) in [5.41, 5.74) is 7.69. The van der Waals surface area contributed by atoms with Gasteiger partial charge < -0.3 is 0 Å². The number of rotatable bonds is 1. The van der Waals surface area contributed by atoms with Gasteiger partial charge in [0.15, 0.2) is 0 Å². The molecule has 0 aliphatic rings. The Hall–Kier alpha value is -0.390. The van der Waals surface area contributed by atoms with Gasteiger partial charge in [0.1, 0.15) is 0 Å². The number of halogens is 1. The second kappa shape index (κ2) is 4.76. The van der Waals surface area contributed by atoms with E-state index in [0.29, 0.717) is 0 Å². The molecular weight excluding hydrogens is 213 g/mol. The molecule has 1 nitrogen and oxygen atoms in total. The van der Waals surface area contributed by atoms with Crippen molar-refractivity contribution in [3.05, 3.63) is 15.9 Å². The van der Waals surface area contributed by atoms with Crippen LogP contribution in [0.2, 0.25) is 0 Å². The molecule has 0 heterocycles. The Balaban J connectivity index is 3.68. The minimum absolute atomic E-state index is 0.181. The second-order valence-corrected chi connectivity index (χ2v) is 3.74. The van der Waals surface area contributed by atoms with E-state index in [1.165, 1.54) is 0 Å². The SMILES string of the molecule is C=C=C(C)[I-]C#CN. The molecule has 0 fully saturated rings. The Kier molecular flexibility index (Phi) is 4.53. The first-order valence-electron chi connectivity index (χ1n) is 2.02. The van der Waals surface area contributed by atoms with Crippen molar-refractivity contribution in [2.45, 2.75) is 6.92 Å². The molecule has 0 unspecified atom stereocenters. The van der Waals surface area contributed by atoms with Crippen LogP contribution < -0.4 is 26.9 Å². The molecule has 0 bridgehead atoms. The summed E-state index contributed by atoms with van der Waals surface area (Å²) in [6.07, 6.45) is 0. The van der Waals surface area contributed by atoms with Crippen molar-refractivity contribution >= 4 is 0 Å². The topological polar surface area (TPSA) is 26.0 Å². The molecule has 0 saturated heterocycles. The van der Waals surface area contributed by atoms with E-state index in [1.54, 1.807) is 0 Å². The van der Waals surface area contributed by atoms with E-state index in [0.717, 1.165) is 3.58 Å². The number of allylic oxidation sites excluding steroid dienone is 1. The summed E-state index contributed by atoms with van der Waals surface area (Å²) in [6, 6.07) is 2.34. The van der Waals surface area contributed by atoms with E-state index in [9.17, 15) is 0 Å². The Bertz CT molecular complexity index is 167. The molecule has 8 heavy (non-hydrogen) atoms. The van der Waals surface area contributed by atoms with Crippen molar-refractivity contribution in [3.8, 4) is 9.97 Å². The normalized spacial score (nSPS) is 6.62. The average molecular weight is 220 g/mol. The molecular formula is C6H7IN-. The van der Waals surface area contributed by atoms with Crippen LogP contribution in [0.25, 0.3) is 0 Å². The fourth-order valence-corrected chi connectivity index (χ4v) is 0.882. The van der Waals surface area contributed by atoms with Crippen LogP contribution in [0.15, 0.2) is 15.9 Å². The third-order valence-corrected chi connectivity index (χ3v) is 2.26. The van der Waals surface area contributed by atoms with Gasteiger partial charge in [-0.2, -0.15) is 0 Å². The quantitative estimate of drug-likeness (QED) is 0.227. The molecule has 0 saturated carbocycles. The van der Waals surface area contributed by atoms with Crippen LogP contribution in [0.3, 0.4) is 0 Å². The van der Waals surface area contributed by atoms with E-state index in [-0.39, 0.29) is 21.2 Å². The summed E-state index contributed by atoms with van der Waals surface area (Å²) < 4.78 is 3.94. The second-order valence-electron chi connectivity index (χ2n) is 1.04. The summed E-state index contributed by atoms with van der Waals surface area (Å²) in [5.74, 6) is 0. The Morgan fingerprint density at radius 3 is 2.75 bits per heavy atom. The van der Waals surface area contributed by atoms with Crippen molar-refractivity contribution < 1.29 is 21.2 Å². The predicted octanol–water partition coefficient (Wildman–Crippen LogP) is -2.36. The molecule has 2 heteroatoms. The number of nitrogens with two attached hydrogens (primary N) is 1. The van der Waals surface area contributed by atoms with Crippen molar-refractivity contribution in [2.24, 2.45) is 5.73 Å². The van der Waals surface area contributed by atoms with Gasteiger partial charge in [0.05, 0.1) is 0 Å². The first-order valence-corrected chi connectivity index (χ1v) is 4.18. The first kappa shape index (κ1) is 7.61. The van der Waals surface area contributed by atoms with Crippen LogP contribution >= 0.6 is 0 Å². The molecule has 0 radical (unpaired) electrons. The van der Waals surface area contributed by atoms with Gasteiger partial charge in [-0.1, -0.05) is 0 Å². The summed E-state index contributed by atoms with van der Waals surface area (Å²) in [7, 11) is 0. The Morgan fingerprint density at radius 2 is 2.38 bits per heavy atom. The predicted molar refractivity (Wildman–Crippen MR) is 30.3 cm³/mol. The molecule has 0 aliphatic carbocycles. The van der Waals surface area contributed by atoms with Gasteiger partial charge in [-0.3, -0.25) is 0 Å². The molecule has 0 rings (SSSR count). The van der Waals surface area contributed by atoms with Gasteiger partial charge in [0.2, 0.25) is 0 Å². The van der Waals surface area contributed by atoms with E-state index in [1.807, 2.05) is 6.92 Å². The van der Waals surface area contributed by atoms with E-state index in [4.69, 9.17) is 5.73 Å². The molecule has 2 N–H and O–H groups in total. The zero-order valence-electron chi connectivity index (χ0n) is 4.66. The van der Waals surface area contributed by atoms with Crippen LogP contribution in [0.5, 0.6) is 0 Å². The summed E-state index contributed by atoms with van der Waals surface area (Å²) in [6.45, 7) is 5.43. The van der Waals surface area contributed by atoms with Crippen molar-refractivity contribution in [1.82, 2.24) is 0 Å². The van der Waals surface area contributed by atoms with Crippen molar-refractivity contribution in [1.29, 1.82) is 0 Å². The summed E-state index contributed by atoms with van der Waals surface area (Å²) in [5, 5.41) is 0. The third-order valence-electron chi connectivity index (χ3n) is 0.487. The first-order chi connectivity index (χ1) is 3.81. The van der Waals surface area contributed by atoms with Crippen LogP contribution in [0.1, 0.15) is 6.92 Å². The van der Waals surface area contributed by atoms with Crippen molar-refractivity contribution in [3.63, 3.8) is 0 Å². The summed E-state index contributed by atoms with van der Waals surface area (Å²) in [4.78, 5) is 0. The molecule has 0 aromatic carbocycles. The molecule has 0 amide bonds. The van der Waals surface area contributed by atoms with Crippen LogP contribution in [0.4, 0.5) is 0 Å². The fourth-order valence-electron chi connectivity index (χ4n) is 0.132. The zero-order valence-corrected chi connectivity index (χ0v) is 6.82. The van der Waals surface area contributed by atoms with E-state index in [2.05, 4.69) is 22.3 Å². The van der Waals surface area contributed by atoms with Crippen molar-refractivity contribution in [2.75, 3.05) is 0 Å². The summed E-state index contributed by atoms with van der Waals surface area (Å²) >= 11 is -0.181. The van der Waals surface area contributed by atoms with Gasteiger partial charge in [-0.25, -0.2) is 0 Å². The van der Waals surface area contributed by atoms with Crippen LogP contribution in [-0.2, 0) is 0 Å². The third kappa shape index (κ3) is 3.79. The van der Waals surface area contributed by atoms with Gasteiger partial charge in [0, 0.05) is 0 Å². The average Bonchev–Trinajstić information content (AvgIpc) is 1.83. The standard InChI is InChI=1S/C6H7IN/c1-3-6(2)7-4-5-8/h1,8H2,2H3/q-1. The van der Waals surface area contributed by atoms with Gasteiger partial charge in [0.25, 0.3) is 0 Å². The maximum atomic E-state index is 4.94. The van der Waals surface area contributed by atoms with Gasteiger partial charge in [-0.15, -0.1) is 0 Å². The van der Waals surface area contributed by atoms with Gasteiger partial charge in [-0.05, 0) is 0 Å². The van der Waals surface area contributed by atoms with Crippen LogP contribution in [0, 0.1) is 9.97 Å². The number of hydrogen-bond donors (Lipinski definition) is 1. The number of hydrogen-bond acceptors (Lipinski definition) is 1. The molecule has 0 aliphatic heterocycles. The zero-order chi connectivity index (χ0) is 6.41. The molecule has 0 aromatic heterocycles.